The predicted octanol–water partition coefficient (Wildman–Crippen LogP) is 22.1. The lowest BCUT2D eigenvalue weighted by Crippen LogP contribution is -2.45. The van der Waals surface area contributed by atoms with E-state index in [4.69, 9.17) is 4.74 Å². The first kappa shape index (κ1) is 74.3. The molecular weight excluding hydrogens is 935 g/mol. The van der Waals surface area contributed by atoms with E-state index in [1.807, 2.05) is 0 Å². The molecule has 0 spiro atoms. The molecule has 0 bridgehead atoms. The summed E-state index contributed by atoms with van der Waals surface area (Å²) >= 11 is 0. The number of nitrogens with one attached hydrogen (secondary N) is 1. The molecule has 1 amide bonds. The van der Waals surface area contributed by atoms with Crippen molar-refractivity contribution in [2.24, 2.45) is 0 Å². The Hall–Kier alpha value is -1.66. The quantitative estimate of drug-likeness (QED) is 0.0320. The van der Waals surface area contributed by atoms with Crippen LogP contribution in [0.3, 0.4) is 0 Å². The van der Waals surface area contributed by atoms with E-state index in [1.165, 1.54) is 308 Å². The summed E-state index contributed by atoms with van der Waals surface area (Å²) in [6.45, 7) is 4.94. The number of amides is 1. The molecule has 2 unspecified atom stereocenters. The average Bonchev–Trinajstić information content (AvgIpc) is 3.42. The van der Waals surface area contributed by atoms with Gasteiger partial charge in [0.25, 0.3) is 0 Å². The van der Waals surface area contributed by atoms with Crippen LogP contribution in [0.4, 0.5) is 0 Å². The van der Waals surface area contributed by atoms with Gasteiger partial charge in [-0.1, -0.05) is 321 Å². The summed E-state index contributed by atoms with van der Waals surface area (Å²) in [6, 6.07) is -0.535. The Labute approximate surface area is 475 Å². The van der Waals surface area contributed by atoms with Gasteiger partial charge in [0.05, 0.1) is 25.4 Å². The number of allylic oxidation sites excluding steroid dienone is 4. The molecule has 6 nitrogen and oxygen atoms in total. The molecule has 0 saturated carbocycles. The van der Waals surface area contributed by atoms with E-state index < -0.39 is 12.1 Å². The monoisotopic (exact) mass is 1070 g/mol. The van der Waals surface area contributed by atoms with E-state index in [0.29, 0.717) is 25.9 Å². The van der Waals surface area contributed by atoms with Crippen LogP contribution in [0.2, 0.25) is 0 Å². The highest BCUT2D eigenvalue weighted by molar-refractivity contribution is 5.76. The van der Waals surface area contributed by atoms with Crippen LogP contribution >= 0.6 is 0 Å². The van der Waals surface area contributed by atoms with Crippen LogP contribution in [0, 0.1) is 0 Å². The van der Waals surface area contributed by atoms with Gasteiger partial charge in [0.2, 0.25) is 5.91 Å². The van der Waals surface area contributed by atoms with Gasteiger partial charge >= 0.3 is 5.97 Å². The Kier molecular flexibility index (Phi) is 64.4. The van der Waals surface area contributed by atoms with Crippen molar-refractivity contribution in [3.8, 4) is 0 Å². The number of aliphatic hydroxyl groups is 2. The molecule has 0 heterocycles. The maximum absolute atomic E-state index is 12.4. The minimum atomic E-state index is -0.658. The summed E-state index contributed by atoms with van der Waals surface area (Å²) < 4.78 is 5.48. The van der Waals surface area contributed by atoms with Crippen LogP contribution in [0.1, 0.15) is 386 Å². The molecule has 0 aromatic rings. The van der Waals surface area contributed by atoms with Crippen LogP contribution in [-0.2, 0) is 14.3 Å². The number of rotatable bonds is 65. The van der Waals surface area contributed by atoms with Gasteiger partial charge in [-0.15, -0.1) is 0 Å². The van der Waals surface area contributed by atoms with Crippen molar-refractivity contribution in [2.75, 3.05) is 13.2 Å². The molecule has 6 heteroatoms. The lowest BCUT2D eigenvalue weighted by atomic mass is 10.0. The Bertz CT molecular complexity index is 1190. The number of carbonyl (C=O) groups excluding carboxylic acids is 2. The molecule has 0 aliphatic rings. The number of aliphatic hydroxyl groups excluding tert-OH is 2. The van der Waals surface area contributed by atoms with Gasteiger partial charge < -0.3 is 20.3 Å². The van der Waals surface area contributed by atoms with Crippen LogP contribution in [0.25, 0.3) is 0 Å². The van der Waals surface area contributed by atoms with Gasteiger partial charge in [0.1, 0.15) is 0 Å². The molecular formula is C70H135NO5. The van der Waals surface area contributed by atoms with Crippen molar-refractivity contribution < 1.29 is 24.5 Å². The Morgan fingerprint density at radius 1 is 0.355 bits per heavy atom. The molecule has 0 aromatic carbocycles. The number of esters is 1. The molecule has 3 N–H and O–H groups in total. The second kappa shape index (κ2) is 65.9. The molecule has 76 heavy (non-hydrogen) atoms. The van der Waals surface area contributed by atoms with Gasteiger partial charge in [-0.25, -0.2) is 0 Å². The maximum Gasteiger partial charge on any atom is 0.305 e. The summed E-state index contributed by atoms with van der Waals surface area (Å²) in [7, 11) is 0. The van der Waals surface area contributed by atoms with Gasteiger partial charge in [0.15, 0.2) is 0 Å². The highest BCUT2D eigenvalue weighted by Crippen LogP contribution is 2.18. The largest absolute Gasteiger partial charge is 0.466 e. The van der Waals surface area contributed by atoms with Gasteiger partial charge in [-0.3, -0.25) is 9.59 Å². The van der Waals surface area contributed by atoms with Crippen LogP contribution in [-0.4, -0.2) is 47.4 Å². The second-order valence-electron chi connectivity index (χ2n) is 23.9. The highest BCUT2D eigenvalue weighted by atomic mass is 16.5. The Morgan fingerprint density at radius 2 is 0.618 bits per heavy atom. The molecule has 0 rings (SSSR count). The first-order chi connectivity index (χ1) is 37.5. The van der Waals surface area contributed by atoms with E-state index in [-0.39, 0.29) is 18.5 Å². The smallest absolute Gasteiger partial charge is 0.305 e. The minimum Gasteiger partial charge on any atom is -0.466 e. The van der Waals surface area contributed by atoms with Crippen LogP contribution < -0.4 is 5.32 Å². The predicted molar refractivity (Wildman–Crippen MR) is 333 cm³/mol. The standard InChI is InChI=1S/C70H135NO5/c1-3-5-7-9-11-13-14-40-44-48-52-56-60-64-70(75)76-65-61-57-53-49-45-42-39-37-35-33-31-29-27-25-23-21-19-17-15-16-18-20-22-24-26-28-30-32-34-36-38-41-43-47-51-55-59-63-69(74)71-67(66-72)68(73)62-58-54-50-46-12-10-8-6-4-2/h13-15,17,67-68,72-73H,3-12,16,18-66H2,1-2H3,(H,71,74)/b14-13-,17-15-. The fraction of sp³-hybridized carbons (Fsp3) is 0.914. The average molecular weight is 1070 g/mol. The third kappa shape index (κ3) is 61.6. The number of hydrogen-bond acceptors (Lipinski definition) is 5. The lowest BCUT2D eigenvalue weighted by molar-refractivity contribution is -0.143. The Morgan fingerprint density at radius 3 is 0.947 bits per heavy atom. The summed E-state index contributed by atoms with van der Waals surface area (Å²) in [5.41, 5.74) is 0. The van der Waals surface area contributed by atoms with E-state index in [0.717, 1.165) is 44.9 Å². The highest BCUT2D eigenvalue weighted by Gasteiger charge is 2.20. The van der Waals surface area contributed by atoms with Crippen LogP contribution in [0.15, 0.2) is 24.3 Å². The molecule has 2 atom stereocenters. The first-order valence-electron chi connectivity index (χ1n) is 34.6. The summed E-state index contributed by atoms with van der Waals surface area (Å²) in [4.78, 5) is 24.5. The van der Waals surface area contributed by atoms with Crippen molar-refractivity contribution >= 4 is 11.9 Å². The first-order valence-corrected chi connectivity index (χ1v) is 34.6. The van der Waals surface area contributed by atoms with Crippen molar-refractivity contribution in [3.63, 3.8) is 0 Å². The summed E-state index contributed by atoms with van der Waals surface area (Å²) in [5.74, 6) is -0.0193. The zero-order chi connectivity index (χ0) is 55.0. The Balaban J connectivity index is 3.30. The molecule has 0 aromatic heterocycles. The molecule has 0 fully saturated rings. The SMILES string of the molecule is CCCCCC/C=C\CCCCCCCC(=O)OCCCCCCCCCCCCCCCCCC/C=C\CCCCCCCCCCCCCCCCCCCC(=O)NC(CO)C(O)CCCCCCCCCCC. The van der Waals surface area contributed by atoms with Crippen molar-refractivity contribution in [1.82, 2.24) is 5.32 Å². The fourth-order valence-electron chi connectivity index (χ4n) is 10.9. The van der Waals surface area contributed by atoms with Crippen molar-refractivity contribution in [3.05, 3.63) is 24.3 Å². The number of unbranched alkanes of at least 4 members (excludes halogenated alkanes) is 50. The van der Waals surface area contributed by atoms with Crippen molar-refractivity contribution in [1.29, 1.82) is 0 Å². The summed E-state index contributed by atoms with van der Waals surface area (Å²) in [6.07, 6.45) is 82.5. The van der Waals surface area contributed by atoms with Gasteiger partial charge in [0, 0.05) is 12.8 Å². The molecule has 0 saturated heterocycles. The van der Waals surface area contributed by atoms with E-state index in [2.05, 4.69) is 43.5 Å². The summed E-state index contributed by atoms with van der Waals surface area (Å²) in [5, 5.41) is 23.1. The second-order valence-corrected chi connectivity index (χ2v) is 23.9. The van der Waals surface area contributed by atoms with E-state index in [9.17, 15) is 19.8 Å². The fourth-order valence-corrected chi connectivity index (χ4v) is 10.9. The zero-order valence-electron chi connectivity index (χ0n) is 51.5. The maximum atomic E-state index is 12.4. The van der Waals surface area contributed by atoms with E-state index in [1.54, 1.807) is 0 Å². The molecule has 450 valence electrons. The number of ether oxygens (including phenoxy) is 1. The van der Waals surface area contributed by atoms with Gasteiger partial charge in [-0.2, -0.15) is 0 Å². The minimum absolute atomic E-state index is 0.0124. The molecule has 0 aliphatic heterocycles. The third-order valence-corrected chi connectivity index (χ3v) is 16.2. The molecule has 0 radical (unpaired) electrons. The van der Waals surface area contributed by atoms with Crippen LogP contribution in [0.5, 0.6) is 0 Å². The number of hydrogen-bond donors (Lipinski definition) is 3. The molecule has 0 aliphatic carbocycles. The van der Waals surface area contributed by atoms with Gasteiger partial charge in [-0.05, 0) is 77.0 Å². The van der Waals surface area contributed by atoms with E-state index >= 15 is 0 Å². The van der Waals surface area contributed by atoms with Crippen molar-refractivity contribution in [2.45, 2.75) is 398 Å². The number of carbonyl (C=O) groups is 2. The third-order valence-electron chi connectivity index (χ3n) is 16.2. The zero-order valence-corrected chi connectivity index (χ0v) is 51.5. The normalized spacial score (nSPS) is 12.6. The topological polar surface area (TPSA) is 95.9 Å². The lowest BCUT2D eigenvalue weighted by Gasteiger charge is -2.22.